The van der Waals surface area contributed by atoms with Crippen LogP contribution < -0.4 is 10.7 Å². The zero-order valence-electron chi connectivity index (χ0n) is 8.72. The summed E-state index contributed by atoms with van der Waals surface area (Å²) >= 11 is 0. The molecule has 1 amide bonds. The van der Waals surface area contributed by atoms with Gasteiger partial charge in [-0.15, -0.1) is 0 Å². The molecule has 0 saturated heterocycles. The Balaban J connectivity index is 2.36. The number of hydrogen-bond acceptors (Lipinski definition) is 4. The first-order valence-electron chi connectivity index (χ1n) is 4.89. The zero-order valence-corrected chi connectivity index (χ0v) is 8.72. The van der Waals surface area contributed by atoms with Crippen LogP contribution in [0.3, 0.4) is 0 Å². The summed E-state index contributed by atoms with van der Waals surface area (Å²) in [4.78, 5) is 15.4. The SMILES string of the molecule is CCC1=NN(c2cncc(N)c2)C(=O)C1F. The van der Waals surface area contributed by atoms with Gasteiger partial charge in [-0.3, -0.25) is 9.78 Å². The summed E-state index contributed by atoms with van der Waals surface area (Å²) in [6.45, 7) is 1.75. The van der Waals surface area contributed by atoms with Crippen LogP contribution in [0.4, 0.5) is 15.8 Å². The number of hydrazone groups is 1. The highest BCUT2D eigenvalue weighted by atomic mass is 19.1. The minimum absolute atomic E-state index is 0.229. The molecule has 0 aliphatic carbocycles. The van der Waals surface area contributed by atoms with E-state index in [9.17, 15) is 9.18 Å². The highest BCUT2D eigenvalue weighted by molar-refractivity contribution is 6.17. The quantitative estimate of drug-likeness (QED) is 0.814. The molecule has 0 fully saturated rings. The first-order chi connectivity index (χ1) is 7.63. The van der Waals surface area contributed by atoms with Crippen molar-refractivity contribution in [3.63, 3.8) is 0 Å². The Kier molecular flexibility index (Phi) is 2.55. The second-order valence-electron chi connectivity index (χ2n) is 3.43. The lowest BCUT2D eigenvalue weighted by Gasteiger charge is -2.11. The number of halogens is 1. The Morgan fingerprint density at radius 1 is 1.56 bits per heavy atom. The van der Waals surface area contributed by atoms with Crippen molar-refractivity contribution in [1.82, 2.24) is 4.98 Å². The zero-order chi connectivity index (χ0) is 11.7. The first-order valence-corrected chi connectivity index (χ1v) is 4.89. The number of alkyl halides is 1. The average Bonchev–Trinajstić information content (AvgIpc) is 2.56. The standard InChI is InChI=1S/C10H11FN4O/c1-2-8-9(11)10(16)15(14-8)7-3-6(12)4-13-5-7/h3-5,9H,2,12H2,1H3. The second-order valence-corrected chi connectivity index (χ2v) is 3.43. The third-order valence-corrected chi connectivity index (χ3v) is 2.30. The van der Waals surface area contributed by atoms with Crippen molar-refractivity contribution in [2.45, 2.75) is 19.5 Å². The number of nitrogen functional groups attached to an aromatic ring is 1. The van der Waals surface area contributed by atoms with Crippen LogP contribution in [0.15, 0.2) is 23.6 Å². The van der Waals surface area contributed by atoms with Gasteiger partial charge < -0.3 is 5.73 Å². The molecular formula is C10H11FN4O. The Hall–Kier alpha value is -1.98. The van der Waals surface area contributed by atoms with E-state index in [1.165, 1.54) is 18.5 Å². The van der Waals surface area contributed by atoms with Gasteiger partial charge in [-0.25, -0.2) is 4.39 Å². The summed E-state index contributed by atoms with van der Waals surface area (Å²) in [7, 11) is 0. The predicted molar refractivity (Wildman–Crippen MR) is 58.8 cm³/mol. The smallest absolute Gasteiger partial charge is 0.287 e. The number of hydrogen-bond donors (Lipinski definition) is 1. The lowest BCUT2D eigenvalue weighted by atomic mass is 10.2. The summed E-state index contributed by atoms with van der Waals surface area (Å²) < 4.78 is 13.4. The van der Waals surface area contributed by atoms with Crippen molar-refractivity contribution in [1.29, 1.82) is 0 Å². The van der Waals surface area contributed by atoms with Crippen molar-refractivity contribution < 1.29 is 9.18 Å². The number of nitrogens with zero attached hydrogens (tertiary/aromatic N) is 3. The van der Waals surface area contributed by atoms with Gasteiger partial charge >= 0.3 is 0 Å². The van der Waals surface area contributed by atoms with Crippen LogP contribution in [-0.4, -0.2) is 22.8 Å². The van der Waals surface area contributed by atoms with E-state index < -0.39 is 12.1 Å². The van der Waals surface area contributed by atoms with Crippen LogP contribution in [0.5, 0.6) is 0 Å². The van der Waals surface area contributed by atoms with Gasteiger partial charge in [-0.1, -0.05) is 6.92 Å². The second kappa shape index (κ2) is 3.88. The molecule has 1 atom stereocenters. The van der Waals surface area contributed by atoms with Gasteiger partial charge in [0, 0.05) is 6.20 Å². The number of carbonyl (C=O) groups excluding carboxylic acids is 1. The molecule has 5 nitrogen and oxygen atoms in total. The molecule has 2 heterocycles. The van der Waals surface area contributed by atoms with Crippen molar-refractivity contribution in [2.75, 3.05) is 10.7 Å². The molecule has 0 bridgehead atoms. The molecule has 2 N–H and O–H groups in total. The maximum atomic E-state index is 13.4. The summed E-state index contributed by atoms with van der Waals surface area (Å²) in [6, 6.07) is 1.53. The van der Waals surface area contributed by atoms with Crippen LogP contribution >= 0.6 is 0 Å². The van der Waals surface area contributed by atoms with E-state index in [1.54, 1.807) is 6.92 Å². The fourth-order valence-electron chi connectivity index (χ4n) is 1.47. The predicted octanol–water partition coefficient (Wildman–Crippen LogP) is 1.11. The van der Waals surface area contributed by atoms with Gasteiger partial charge in [-0.2, -0.15) is 10.1 Å². The monoisotopic (exact) mass is 222 g/mol. The number of amides is 1. The van der Waals surface area contributed by atoms with Crippen molar-refractivity contribution in [2.24, 2.45) is 5.10 Å². The molecule has 1 aliphatic heterocycles. The largest absolute Gasteiger partial charge is 0.397 e. The van der Waals surface area contributed by atoms with Crippen molar-refractivity contribution in [3.8, 4) is 0 Å². The summed E-state index contributed by atoms with van der Waals surface area (Å²) in [6.07, 6.45) is 1.62. The van der Waals surface area contributed by atoms with E-state index in [4.69, 9.17) is 5.73 Å². The van der Waals surface area contributed by atoms with Crippen LogP contribution in [0.1, 0.15) is 13.3 Å². The van der Waals surface area contributed by atoms with Crippen LogP contribution in [0, 0.1) is 0 Å². The third kappa shape index (κ3) is 1.62. The van der Waals surface area contributed by atoms with Gasteiger partial charge in [-0.05, 0) is 12.5 Å². The number of pyridine rings is 1. The van der Waals surface area contributed by atoms with Crippen LogP contribution in [0.2, 0.25) is 0 Å². The molecule has 1 aromatic heterocycles. The Morgan fingerprint density at radius 3 is 2.88 bits per heavy atom. The van der Waals surface area contributed by atoms with Gasteiger partial charge in [0.1, 0.15) is 0 Å². The minimum atomic E-state index is -1.65. The lowest BCUT2D eigenvalue weighted by molar-refractivity contribution is -0.120. The van der Waals surface area contributed by atoms with E-state index in [0.717, 1.165) is 5.01 Å². The Morgan fingerprint density at radius 2 is 2.31 bits per heavy atom. The molecule has 6 heteroatoms. The Labute approximate surface area is 91.8 Å². The number of anilines is 2. The normalized spacial score (nSPS) is 20.1. The summed E-state index contributed by atoms with van der Waals surface area (Å²) in [5.74, 6) is -0.691. The average molecular weight is 222 g/mol. The fraction of sp³-hybridized carbons (Fsp3) is 0.300. The molecule has 0 spiro atoms. The molecule has 16 heavy (non-hydrogen) atoms. The van der Waals surface area contributed by atoms with Crippen LogP contribution in [-0.2, 0) is 4.79 Å². The molecule has 1 aliphatic rings. The molecule has 1 aromatic rings. The summed E-state index contributed by atoms with van der Waals surface area (Å²) in [5.41, 5.74) is 6.55. The number of rotatable bonds is 2. The highest BCUT2D eigenvalue weighted by Gasteiger charge is 2.35. The maximum Gasteiger partial charge on any atom is 0.287 e. The molecule has 0 radical (unpaired) electrons. The van der Waals surface area contributed by atoms with E-state index >= 15 is 0 Å². The van der Waals surface area contributed by atoms with Crippen molar-refractivity contribution >= 4 is 23.0 Å². The number of aromatic nitrogens is 1. The molecule has 1 unspecified atom stereocenters. The van der Waals surface area contributed by atoms with Gasteiger partial charge in [0.25, 0.3) is 5.91 Å². The van der Waals surface area contributed by atoms with Crippen LogP contribution in [0.25, 0.3) is 0 Å². The number of nitrogens with two attached hydrogens (primary N) is 1. The van der Waals surface area contributed by atoms with E-state index in [0.29, 0.717) is 17.8 Å². The molecular weight excluding hydrogens is 211 g/mol. The molecule has 2 rings (SSSR count). The topological polar surface area (TPSA) is 71.6 Å². The minimum Gasteiger partial charge on any atom is -0.397 e. The van der Waals surface area contributed by atoms with Gasteiger partial charge in [0.05, 0.1) is 23.3 Å². The molecule has 0 aromatic carbocycles. The summed E-state index contributed by atoms with van der Waals surface area (Å²) in [5, 5.41) is 4.92. The van der Waals surface area contributed by atoms with Gasteiger partial charge in [0.2, 0.25) is 6.17 Å². The molecule has 84 valence electrons. The van der Waals surface area contributed by atoms with E-state index in [1.807, 2.05) is 0 Å². The van der Waals surface area contributed by atoms with E-state index in [2.05, 4.69) is 10.1 Å². The van der Waals surface area contributed by atoms with Crippen molar-refractivity contribution in [3.05, 3.63) is 18.5 Å². The Bertz CT molecular complexity index is 460. The molecule has 0 saturated carbocycles. The highest BCUT2D eigenvalue weighted by Crippen LogP contribution is 2.23. The maximum absolute atomic E-state index is 13.4. The fourth-order valence-corrected chi connectivity index (χ4v) is 1.47. The first kappa shape index (κ1) is 10.5. The van der Waals surface area contributed by atoms with Gasteiger partial charge in [0.15, 0.2) is 0 Å². The number of carbonyl (C=O) groups is 1. The van der Waals surface area contributed by atoms with E-state index in [-0.39, 0.29) is 5.71 Å². The lowest BCUT2D eigenvalue weighted by Crippen LogP contribution is -2.28. The third-order valence-electron chi connectivity index (χ3n) is 2.30.